The molecule has 0 aliphatic heterocycles. The zero-order valence-corrected chi connectivity index (χ0v) is 9.38. The first-order valence-electron chi connectivity index (χ1n) is 3.88. The maximum atomic E-state index is 11.3. The molecule has 0 unspecified atom stereocenters. The molecule has 0 spiro atoms. The number of benzene rings is 1. The van der Waals surface area contributed by atoms with Crippen molar-refractivity contribution in [2.24, 2.45) is 0 Å². The standard InChI is InChI=1S/C10H8BrNO2/c1-6-3-7(5-12)9(11)8(4-6)10(13)14-2/h3-4H,1-2H3. The normalized spacial score (nSPS) is 9.29. The zero-order chi connectivity index (χ0) is 10.7. The number of esters is 1. The summed E-state index contributed by atoms with van der Waals surface area (Å²) >= 11 is 3.19. The van der Waals surface area contributed by atoms with Gasteiger partial charge in [0.15, 0.2) is 0 Å². The van der Waals surface area contributed by atoms with Crippen LogP contribution in [-0.2, 0) is 4.74 Å². The van der Waals surface area contributed by atoms with Crippen LogP contribution in [0.5, 0.6) is 0 Å². The van der Waals surface area contributed by atoms with Crippen LogP contribution in [0.4, 0.5) is 0 Å². The number of halogens is 1. The van der Waals surface area contributed by atoms with E-state index in [4.69, 9.17) is 5.26 Å². The van der Waals surface area contributed by atoms with Crippen LogP contribution in [0.3, 0.4) is 0 Å². The lowest BCUT2D eigenvalue weighted by molar-refractivity contribution is 0.0599. The first-order valence-corrected chi connectivity index (χ1v) is 4.68. The minimum absolute atomic E-state index is 0.379. The molecule has 3 nitrogen and oxygen atoms in total. The summed E-state index contributed by atoms with van der Waals surface area (Å²) in [6.07, 6.45) is 0. The van der Waals surface area contributed by atoms with Crippen LogP contribution >= 0.6 is 15.9 Å². The lowest BCUT2D eigenvalue weighted by Gasteiger charge is -2.05. The second-order valence-corrected chi connectivity index (χ2v) is 3.57. The van der Waals surface area contributed by atoms with Crippen molar-refractivity contribution < 1.29 is 9.53 Å². The Morgan fingerprint density at radius 2 is 2.21 bits per heavy atom. The molecule has 0 saturated heterocycles. The first-order chi connectivity index (χ1) is 6.60. The number of aryl methyl sites for hydroxylation is 1. The monoisotopic (exact) mass is 253 g/mol. The molecule has 4 heteroatoms. The molecule has 0 bridgehead atoms. The van der Waals surface area contributed by atoms with Crippen LogP contribution in [0.25, 0.3) is 0 Å². The van der Waals surface area contributed by atoms with Crippen LogP contribution in [0.2, 0.25) is 0 Å². The minimum Gasteiger partial charge on any atom is -0.465 e. The zero-order valence-electron chi connectivity index (χ0n) is 7.80. The Bertz CT molecular complexity index is 421. The van der Waals surface area contributed by atoms with E-state index in [0.29, 0.717) is 15.6 Å². The maximum Gasteiger partial charge on any atom is 0.339 e. The van der Waals surface area contributed by atoms with Crippen LogP contribution in [0, 0.1) is 18.3 Å². The molecule has 1 rings (SSSR count). The summed E-state index contributed by atoms with van der Waals surface area (Å²) in [6.45, 7) is 1.82. The van der Waals surface area contributed by atoms with E-state index in [9.17, 15) is 4.79 Å². The number of rotatable bonds is 1. The molecule has 0 aliphatic carbocycles. The first kappa shape index (κ1) is 10.7. The van der Waals surface area contributed by atoms with Crippen LogP contribution < -0.4 is 0 Å². The van der Waals surface area contributed by atoms with Crippen molar-refractivity contribution in [1.29, 1.82) is 5.26 Å². The van der Waals surface area contributed by atoms with E-state index in [2.05, 4.69) is 20.7 Å². The van der Waals surface area contributed by atoms with Crippen molar-refractivity contribution in [3.8, 4) is 6.07 Å². The fourth-order valence-electron chi connectivity index (χ4n) is 1.11. The third-order valence-electron chi connectivity index (χ3n) is 1.74. The molecule has 0 aliphatic rings. The smallest absolute Gasteiger partial charge is 0.339 e. The van der Waals surface area contributed by atoms with Crippen molar-refractivity contribution in [3.63, 3.8) is 0 Å². The number of ether oxygens (including phenoxy) is 1. The van der Waals surface area contributed by atoms with Gasteiger partial charge in [0.1, 0.15) is 6.07 Å². The number of nitriles is 1. The number of carbonyl (C=O) groups is 1. The fraction of sp³-hybridized carbons (Fsp3) is 0.200. The topological polar surface area (TPSA) is 50.1 Å². The van der Waals surface area contributed by atoms with Crippen molar-refractivity contribution in [1.82, 2.24) is 0 Å². The highest BCUT2D eigenvalue weighted by molar-refractivity contribution is 9.10. The SMILES string of the molecule is COC(=O)c1cc(C)cc(C#N)c1Br. The van der Waals surface area contributed by atoms with Gasteiger partial charge in [-0.2, -0.15) is 5.26 Å². The quantitative estimate of drug-likeness (QED) is 0.723. The molecule has 0 atom stereocenters. The minimum atomic E-state index is -0.447. The van der Waals surface area contributed by atoms with Gasteiger partial charge in [-0.15, -0.1) is 0 Å². The summed E-state index contributed by atoms with van der Waals surface area (Å²) in [7, 11) is 1.31. The van der Waals surface area contributed by atoms with Gasteiger partial charge < -0.3 is 4.74 Å². The van der Waals surface area contributed by atoms with Gasteiger partial charge in [0.25, 0.3) is 0 Å². The predicted octanol–water partition coefficient (Wildman–Crippen LogP) is 2.42. The van der Waals surface area contributed by atoms with E-state index in [-0.39, 0.29) is 0 Å². The number of methoxy groups -OCH3 is 1. The summed E-state index contributed by atoms with van der Waals surface area (Å²) < 4.78 is 5.08. The molecule has 0 radical (unpaired) electrons. The van der Waals surface area contributed by atoms with Crippen LogP contribution in [0.15, 0.2) is 16.6 Å². The lowest BCUT2D eigenvalue weighted by atomic mass is 10.1. The van der Waals surface area contributed by atoms with E-state index >= 15 is 0 Å². The Balaban J connectivity index is 3.38. The van der Waals surface area contributed by atoms with Crippen molar-refractivity contribution in [2.75, 3.05) is 7.11 Å². The largest absolute Gasteiger partial charge is 0.465 e. The molecule has 0 N–H and O–H groups in total. The third kappa shape index (κ3) is 1.94. The van der Waals surface area contributed by atoms with E-state index in [1.807, 2.05) is 13.0 Å². The highest BCUT2D eigenvalue weighted by Gasteiger charge is 2.14. The average Bonchev–Trinajstić information content (AvgIpc) is 2.19. The van der Waals surface area contributed by atoms with Gasteiger partial charge in [-0.05, 0) is 40.5 Å². The molecule has 0 aromatic heterocycles. The van der Waals surface area contributed by atoms with Gasteiger partial charge in [0.2, 0.25) is 0 Å². The molecular weight excluding hydrogens is 246 g/mol. The average molecular weight is 254 g/mol. The molecule has 0 fully saturated rings. The Morgan fingerprint density at radius 3 is 2.71 bits per heavy atom. The molecule has 14 heavy (non-hydrogen) atoms. The second-order valence-electron chi connectivity index (χ2n) is 2.78. The maximum absolute atomic E-state index is 11.3. The molecule has 0 amide bonds. The fourth-order valence-corrected chi connectivity index (χ4v) is 1.59. The summed E-state index contributed by atoms with van der Waals surface area (Å²) in [5, 5.41) is 8.79. The lowest BCUT2D eigenvalue weighted by Crippen LogP contribution is -2.03. The Hall–Kier alpha value is -1.34. The number of nitrogens with zero attached hydrogens (tertiary/aromatic N) is 1. The van der Waals surface area contributed by atoms with E-state index in [1.54, 1.807) is 12.1 Å². The summed E-state index contributed by atoms with van der Waals surface area (Å²) in [6, 6.07) is 5.38. The van der Waals surface area contributed by atoms with Crippen molar-refractivity contribution in [3.05, 3.63) is 33.3 Å². The summed E-state index contributed by atoms with van der Waals surface area (Å²) in [5.74, 6) is -0.447. The Morgan fingerprint density at radius 1 is 1.57 bits per heavy atom. The molecule has 72 valence electrons. The molecule has 0 heterocycles. The van der Waals surface area contributed by atoms with Crippen molar-refractivity contribution >= 4 is 21.9 Å². The molecule has 1 aromatic carbocycles. The Kier molecular flexibility index (Phi) is 3.26. The van der Waals surface area contributed by atoms with Crippen LogP contribution in [-0.4, -0.2) is 13.1 Å². The van der Waals surface area contributed by atoms with E-state index in [0.717, 1.165) is 5.56 Å². The van der Waals surface area contributed by atoms with Gasteiger partial charge >= 0.3 is 5.97 Å². The molecule has 1 aromatic rings. The highest BCUT2D eigenvalue weighted by Crippen LogP contribution is 2.23. The number of carbonyl (C=O) groups excluding carboxylic acids is 1. The molecular formula is C10H8BrNO2. The summed E-state index contributed by atoms with van der Waals surface area (Å²) in [5.41, 5.74) is 1.67. The van der Waals surface area contributed by atoms with E-state index < -0.39 is 5.97 Å². The third-order valence-corrected chi connectivity index (χ3v) is 2.60. The van der Waals surface area contributed by atoms with Crippen LogP contribution in [0.1, 0.15) is 21.5 Å². The van der Waals surface area contributed by atoms with Crippen molar-refractivity contribution in [2.45, 2.75) is 6.92 Å². The second kappa shape index (κ2) is 4.25. The van der Waals surface area contributed by atoms with Gasteiger partial charge in [0, 0.05) is 4.47 Å². The van der Waals surface area contributed by atoms with Gasteiger partial charge in [0.05, 0.1) is 18.2 Å². The molecule has 0 saturated carbocycles. The summed E-state index contributed by atoms with van der Waals surface area (Å²) in [4.78, 5) is 11.3. The Labute approximate surface area is 90.4 Å². The highest BCUT2D eigenvalue weighted by atomic mass is 79.9. The van der Waals surface area contributed by atoms with E-state index in [1.165, 1.54) is 7.11 Å². The van der Waals surface area contributed by atoms with Gasteiger partial charge in [-0.1, -0.05) is 0 Å². The van der Waals surface area contributed by atoms with Gasteiger partial charge in [-0.25, -0.2) is 4.79 Å². The number of hydrogen-bond donors (Lipinski definition) is 0. The number of hydrogen-bond acceptors (Lipinski definition) is 3. The predicted molar refractivity (Wildman–Crippen MR) is 54.9 cm³/mol. The van der Waals surface area contributed by atoms with Gasteiger partial charge in [-0.3, -0.25) is 0 Å².